The lowest BCUT2D eigenvalue weighted by Crippen LogP contribution is -2.45. The van der Waals surface area contributed by atoms with Crippen molar-refractivity contribution in [2.24, 2.45) is 0 Å². The smallest absolute Gasteiger partial charge is 0.412 e. The van der Waals surface area contributed by atoms with E-state index in [4.69, 9.17) is 0 Å². The van der Waals surface area contributed by atoms with Gasteiger partial charge in [0.25, 0.3) is 0 Å². The number of hydrogen-bond acceptors (Lipinski definition) is 3. The number of allylic oxidation sites excluding steroid dienone is 1. The van der Waals surface area contributed by atoms with Crippen molar-refractivity contribution in [1.82, 2.24) is 9.78 Å². The summed E-state index contributed by atoms with van der Waals surface area (Å²) in [6.45, 7) is 5.63. The number of rotatable bonds is 7. The molecule has 1 aromatic heterocycles. The van der Waals surface area contributed by atoms with E-state index in [-0.39, 0.29) is 11.4 Å². The summed E-state index contributed by atoms with van der Waals surface area (Å²) >= 11 is 0. The number of hydrogen-bond donors (Lipinski definition) is 2. The number of benzene rings is 2. The molecule has 1 heterocycles. The summed E-state index contributed by atoms with van der Waals surface area (Å²) in [5.74, 6) is -1.09. The molecule has 0 spiro atoms. The average Bonchev–Trinajstić information content (AvgIpc) is 3.21. The van der Waals surface area contributed by atoms with Crippen LogP contribution in [0.1, 0.15) is 31.9 Å². The lowest BCUT2D eigenvalue weighted by Gasteiger charge is -2.34. The monoisotopic (exact) mass is 462 g/mol. The second kappa shape index (κ2) is 10.6. The summed E-state index contributed by atoms with van der Waals surface area (Å²) < 4.78 is 15.6. The Morgan fingerprint density at radius 2 is 1.85 bits per heavy atom. The maximum Gasteiger partial charge on any atom is 0.412 e. The van der Waals surface area contributed by atoms with Crippen LogP contribution in [0, 0.1) is 5.82 Å². The number of aromatic nitrogens is 2. The molecule has 0 bridgehead atoms. The molecular weight excluding hydrogens is 435 g/mol. The average molecular weight is 463 g/mol. The Balaban J connectivity index is 1.68. The minimum absolute atomic E-state index is 0.0553. The van der Waals surface area contributed by atoms with E-state index < -0.39 is 23.4 Å². The number of carbonyl (C=O) groups is 2. The third-order valence-corrected chi connectivity index (χ3v) is 4.80. The highest BCUT2D eigenvalue weighted by molar-refractivity contribution is 6.05. The highest BCUT2D eigenvalue weighted by Gasteiger charge is 2.30. The van der Waals surface area contributed by atoms with Gasteiger partial charge in [0.1, 0.15) is 5.82 Å². The van der Waals surface area contributed by atoms with Crippen LogP contribution in [0.25, 0.3) is 12.2 Å². The molecule has 0 aliphatic heterocycles. The van der Waals surface area contributed by atoms with Gasteiger partial charge in [0.2, 0.25) is 5.91 Å². The van der Waals surface area contributed by atoms with Gasteiger partial charge in [0, 0.05) is 23.4 Å². The molecule has 176 valence electrons. The molecule has 7 nitrogen and oxygen atoms in total. The van der Waals surface area contributed by atoms with Crippen molar-refractivity contribution in [2.45, 2.75) is 32.9 Å². The fourth-order valence-corrected chi connectivity index (χ4v) is 3.32. The van der Waals surface area contributed by atoms with E-state index in [0.717, 1.165) is 22.1 Å². The summed E-state index contributed by atoms with van der Waals surface area (Å²) in [4.78, 5) is 25.3. The van der Waals surface area contributed by atoms with Crippen LogP contribution in [0.5, 0.6) is 0 Å². The van der Waals surface area contributed by atoms with Crippen LogP contribution in [0.15, 0.2) is 73.1 Å². The Morgan fingerprint density at radius 3 is 2.53 bits per heavy atom. The van der Waals surface area contributed by atoms with Gasteiger partial charge in [-0.25, -0.2) is 9.18 Å². The summed E-state index contributed by atoms with van der Waals surface area (Å²) in [5, 5.41) is 16.6. The quantitative estimate of drug-likeness (QED) is 0.443. The van der Waals surface area contributed by atoms with E-state index in [1.54, 1.807) is 43.9 Å². The molecule has 0 atom stereocenters. The zero-order chi connectivity index (χ0) is 24.7. The van der Waals surface area contributed by atoms with Crippen molar-refractivity contribution in [3.63, 3.8) is 0 Å². The molecule has 3 aromatic rings. The van der Waals surface area contributed by atoms with Gasteiger partial charge < -0.3 is 10.4 Å². The first-order chi connectivity index (χ1) is 16.1. The summed E-state index contributed by atoms with van der Waals surface area (Å²) in [6, 6.07) is 13.5. The van der Waals surface area contributed by atoms with Crippen molar-refractivity contribution in [1.29, 1.82) is 0 Å². The Morgan fingerprint density at radius 1 is 1.12 bits per heavy atom. The fraction of sp³-hybridized carbons (Fsp3) is 0.192. The zero-order valence-corrected chi connectivity index (χ0v) is 19.3. The van der Waals surface area contributed by atoms with Crippen LogP contribution in [0.2, 0.25) is 0 Å². The van der Waals surface area contributed by atoms with Crippen LogP contribution in [0.4, 0.5) is 20.6 Å². The molecule has 2 N–H and O–H groups in total. The molecule has 0 saturated carbocycles. The molecule has 2 amide bonds. The predicted molar refractivity (Wildman–Crippen MR) is 132 cm³/mol. The largest absolute Gasteiger partial charge is 0.465 e. The third kappa shape index (κ3) is 6.65. The number of halogens is 1. The summed E-state index contributed by atoms with van der Waals surface area (Å²) in [5.41, 5.74) is 1.22. The number of amides is 2. The SMILES string of the molecule is CC(C)(C)N(C(=O)O)c1cc(F)ccc1NC(=O)/C=C/c1cnn(C/C=C/c2ccccc2)c1. The standard InChI is InChI=1S/C26H27FN4O3/c1-26(2,3)31(25(33)34)23-16-21(27)12-13-22(23)29-24(32)14-11-20-17-28-30(18-20)15-7-10-19-8-5-4-6-9-19/h4-14,16-18H,15H2,1-3H3,(H,29,32)(H,33,34)/b10-7+,14-11+. The van der Waals surface area contributed by atoms with Gasteiger partial charge in [0.15, 0.2) is 0 Å². The minimum atomic E-state index is -1.25. The van der Waals surface area contributed by atoms with Gasteiger partial charge in [-0.1, -0.05) is 42.5 Å². The molecule has 0 unspecified atom stereocenters. The lowest BCUT2D eigenvalue weighted by molar-refractivity contribution is -0.111. The molecule has 0 fully saturated rings. The number of nitrogens with zero attached hydrogens (tertiary/aromatic N) is 3. The number of carboxylic acid groups (broad SMARTS) is 1. The van der Waals surface area contributed by atoms with Gasteiger partial charge in [-0.05, 0) is 50.6 Å². The Kier molecular flexibility index (Phi) is 7.63. The normalized spacial score (nSPS) is 11.8. The van der Waals surface area contributed by atoms with Crippen molar-refractivity contribution in [2.75, 3.05) is 10.2 Å². The first-order valence-corrected chi connectivity index (χ1v) is 10.7. The molecule has 0 aliphatic rings. The van der Waals surface area contributed by atoms with Gasteiger partial charge in [-0.2, -0.15) is 5.10 Å². The lowest BCUT2D eigenvalue weighted by atomic mass is 10.0. The highest BCUT2D eigenvalue weighted by Crippen LogP contribution is 2.32. The highest BCUT2D eigenvalue weighted by atomic mass is 19.1. The predicted octanol–water partition coefficient (Wildman–Crippen LogP) is 5.67. The Labute approximate surface area is 197 Å². The fourth-order valence-electron chi connectivity index (χ4n) is 3.32. The van der Waals surface area contributed by atoms with E-state index in [0.29, 0.717) is 6.54 Å². The van der Waals surface area contributed by atoms with Crippen molar-refractivity contribution in [3.05, 3.63) is 90.0 Å². The summed E-state index contributed by atoms with van der Waals surface area (Å²) in [6.07, 6.45) is 9.09. The zero-order valence-electron chi connectivity index (χ0n) is 19.3. The molecule has 0 aliphatic carbocycles. The molecular formula is C26H27FN4O3. The second-order valence-electron chi connectivity index (χ2n) is 8.58. The first-order valence-electron chi connectivity index (χ1n) is 10.7. The maximum atomic E-state index is 13.9. The van der Waals surface area contributed by atoms with Gasteiger partial charge in [-0.3, -0.25) is 14.4 Å². The van der Waals surface area contributed by atoms with Crippen LogP contribution < -0.4 is 10.2 Å². The number of anilines is 2. The van der Waals surface area contributed by atoms with Crippen molar-refractivity contribution >= 4 is 35.5 Å². The maximum absolute atomic E-state index is 13.9. The molecule has 34 heavy (non-hydrogen) atoms. The number of carbonyl (C=O) groups excluding carboxylic acids is 1. The minimum Gasteiger partial charge on any atom is -0.465 e. The third-order valence-electron chi connectivity index (χ3n) is 4.80. The Bertz CT molecular complexity index is 1210. The topological polar surface area (TPSA) is 87.5 Å². The number of nitrogens with one attached hydrogen (secondary N) is 1. The van der Waals surface area contributed by atoms with Crippen LogP contribution >= 0.6 is 0 Å². The summed E-state index contributed by atoms with van der Waals surface area (Å²) in [7, 11) is 0. The van der Waals surface area contributed by atoms with Crippen LogP contribution in [-0.2, 0) is 11.3 Å². The van der Waals surface area contributed by atoms with E-state index in [1.165, 1.54) is 18.2 Å². The van der Waals surface area contributed by atoms with Gasteiger partial charge >= 0.3 is 6.09 Å². The second-order valence-corrected chi connectivity index (χ2v) is 8.58. The molecule has 8 heteroatoms. The van der Waals surface area contributed by atoms with Gasteiger partial charge in [-0.15, -0.1) is 0 Å². The Hall–Kier alpha value is -4.20. The van der Waals surface area contributed by atoms with Crippen molar-refractivity contribution < 1.29 is 19.1 Å². The molecule has 0 saturated heterocycles. The van der Waals surface area contributed by atoms with Crippen molar-refractivity contribution in [3.8, 4) is 0 Å². The van der Waals surface area contributed by atoms with Gasteiger partial charge in [0.05, 0.1) is 24.1 Å². The van der Waals surface area contributed by atoms with E-state index in [2.05, 4.69) is 10.4 Å². The van der Waals surface area contributed by atoms with E-state index in [1.807, 2.05) is 42.5 Å². The molecule has 0 radical (unpaired) electrons. The van der Waals surface area contributed by atoms with Crippen LogP contribution in [0.3, 0.4) is 0 Å². The first kappa shape index (κ1) is 24.4. The molecule has 2 aromatic carbocycles. The molecule has 3 rings (SSSR count). The van der Waals surface area contributed by atoms with E-state index in [9.17, 15) is 19.1 Å². The van der Waals surface area contributed by atoms with E-state index >= 15 is 0 Å². The van der Waals surface area contributed by atoms with Crippen LogP contribution in [-0.4, -0.2) is 32.4 Å².